The van der Waals surface area contributed by atoms with Crippen molar-refractivity contribution >= 4 is 23.2 Å². The van der Waals surface area contributed by atoms with Crippen molar-refractivity contribution in [2.45, 2.75) is 6.42 Å². The highest BCUT2D eigenvalue weighted by Crippen LogP contribution is 2.20. The van der Waals surface area contributed by atoms with Gasteiger partial charge in [0.05, 0.1) is 24.8 Å². The molecule has 0 aliphatic rings. The van der Waals surface area contributed by atoms with E-state index in [1.165, 1.54) is 0 Å². The number of nitriles is 1. The fourth-order valence-electron chi connectivity index (χ4n) is 1.84. The summed E-state index contributed by atoms with van der Waals surface area (Å²) in [6, 6.07) is 14.0. The number of carbonyl (C=O) groups is 1. The lowest BCUT2D eigenvalue weighted by Gasteiger charge is -2.08. The molecule has 4 nitrogen and oxygen atoms in total. The summed E-state index contributed by atoms with van der Waals surface area (Å²) in [5.41, 5.74) is 1.65. The van der Waals surface area contributed by atoms with Crippen LogP contribution in [0, 0.1) is 11.3 Å². The summed E-state index contributed by atoms with van der Waals surface area (Å²) >= 11 is 5.88. The first-order chi connectivity index (χ1) is 10.1. The highest BCUT2D eigenvalue weighted by molar-refractivity contribution is 6.31. The van der Waals surface area contributed by atoms with Crippen molar-refractivity contribution in [3.8, 4) is 11.8 Å². The average molecular weight is 301 g/mol. The number of benzene rings is 2. The number of carbonyl (C=O) groups excluding carboxylic acids is 1. The van der Waals surface area contributed by atoms with Crippen molar-refractivity contribution in [2.24, 2.45) is 0 Å². The van der Waals surface area contributed by atoms with E-state index in [0.717, 1.165) is 11.3 Å². The Hall–Kier alpha value is -2.51. The lowest BCUT2D eigenvalue weighted by molar-refractivity contribution is -0.115. The molecule has 0 atom stereocenters. The normalized spacial score (nSPS) is 9.76. The monoisotopic (exact) mass is 300 g/mol. The third kappa shape index (κ3) is 3.98. The summed E-state index contributed by atoms with van der Waals surface area (Å²) in [5, 5.41) is 12.2. The molecule has 0 aliphatic heterocycles. The molecule has 2 rings (SSSR count). The van der Waals surface area contributed by atoms with E-state index in [1.54, 1.807) is 37.4 Å². The average Bonchev–Trinajstić information content (AvgIpc) is 2.48. The fraction of sp³-hybridized carbons (Fsp3) is 0.125. The molecule has 0 fully saturated rings. The Balaban J connectivity index is 2.08. The van der Waals surface area contributed by atoms with Gasteiger partial charge in [0.2, 0.25) is 5.91 Å². The summed E-state index contributed by atoms with van der Waals surface area (Å²) < 4.78 is 5.06. The molecule has 0 unspecified atom stereocenters. The van der Waals surface area contributed by atoms with Gasteiger partial charge < -0.3 is 10.1 Å². The maximum Gasteiger partial charge on any atom is 0.228 e. The second kappa shape index (κ2) is 6.78. The largest absolute Gasteiger partial charge is 0.497 e. The molecule has 2 aromatic carbocycles. The molecule has 106 valence electrons. The van der Waals surface area contributed by atoms with Gasteiger partial charge >= 0.3 is 0 Å². The standard InChI is InChI=1S/C16H13ClN2O2/c1-21-14-6-2-11(3-7-14)8-16(20)19-15-9-13(17)5-4-12(15)10-18/h2-7,9H,8H2,1H3,(H,19,20). The van der Waals surface area contributed by atoms with Gasteiger partial charge in [-0.2, -0.15) is 5.26 Å². The Morgan fingerprint density at radius 3 is 2.62 bits per heavy atom. The number of nitrogens with zero attached hydrogens (tertiary/aromatic N) is 1. The minimum atomic E-state index is -0.209. The van der Waals surface area contributed by atoms with Crippen LogP contribution in [0.2, 0.25) is 5.02 Å². The fourth-order valence-corrected chi connectivity index (χ4v) is 2.01. The number of methoxy groups -OCH3 is 1. The van der Waals surface area contributed by atoms with Crippen molar-refractivity contribution in [1.82, 2.24) is 0 Å². The summed E-state index contributed by atoms with van der Waals surface area (Å²) in [4.78, 5) is 12.0. The number of ether oxygens (including phenoxy) is 1. The van der Waals surface area contributed by atoms with Crippen molar-refractivity contribution in [1.29, 1.82) is 5.26 Å². The van der Waals surface area contributed by atoms with Crippen LogP contribution in [0.4, 0.5) is 5.69 Å². The summed E-state index contributed by atoms with van der Waals surface area (Å²) in [6.45, 7) is 0. The Morgan fingerprint density at radius 2 is 2.00 bits per heavy atom. The van der Waals surface area contributed by atoms with E-state index in [1.807, 2.05) is 18.2 Å². The SMILES string of the molecule is COc1ccc(CC(=O)Nc2cc(Cl)ccc2C#N)cc1. The molecule has 0 radical (unpaired) electrons. The molecule has 5 heteroatoms. The van der Waals surface area contributed by atoms with Crippen LogP contribution < -0.4 is 10.1 Å². The van der Waals surface area contributed by atoms with Gasteiger partial charge in [0, 0.05) is 5.02 Å². The molecular weight excluding hydrogens is 288 g/mol. The molecule has 0 saturated carbocycles. The zero-order chi connectivity index (χ0) is 15.2. The zero-order valence-corrected chi connectivity index (χ0v) is 12.1. The number of hydrogen-bond donors (Lipinski definition) is 1. The molecule has 1 amide bonds. The van der Waals surface area contributed by atoms with Gasteiger partial charge in [-0.05, 0) is 35.9 Å². The lowest BCUT2D eigenvalue weighted by Crippen LogP contribution is -2.15. The third-order valence-electron chi connectivity index (χ3n) is 2.90. The molecule has 0 saturated heterocycles. The van der Waals surface area contributed by atoms with E-state index in [4.69, 9.17) is 21.6 Å². The smallest absolute Gasteiger partial charge is 0.228 e. The second-order valence-corrected chi connectivity index (χ2v) is 4.81. The highest BCUT2D eigenvalue weighted by Gasteiger charge is 2.08. The summed E-state index contributed by atoms with van der Waals surface area (Å²) in [5.74, 6) is 0.527. The number of hydrogen-bond acceptors (Lipinski definition) is 3. The van der Waals surface area contributed by atoms with Crippen LogP contribution in [0.1, 0.15) is 11.1 Å². The number of amides is 1. The van der Waals surface area contributed by atoms with Crippen LogP contribution in [0.25, 0.3) is 0 Å². The van der Waals surface area contributed by atoms with E-state index in [2.05, 4.69) is 5.32 Å². The van der Waals surface area contributed by atoms with Gasteiger partial charge in [0.15, 0.2) is 0 Å². The Bertz CT molecular complexity index is 690. The predicted molar refractivity (Wildman–Crippen MR) is 81.5 cm³/mol. The molecule has 21 heavy (non-hydrogen) atoms. The van der Waals surface area contributed by atoms with Gasteiger partial charge in [0.1, 0.15) is 11.8 Å². The van der Waals surface area contributed by atoms with Gasteiger partial charge in [0.25, 0.3) is 0 Å². The van der Waals surface area contributed by atoms with E-state index in [-0.39, 0.29) is 12.3 Å². The quantitative estimate of drug-likeness (QED) is 0.941. The molecule has 0 bridgehead atoms. The lowest BCUT2D eigenvalue weighted by atomic mass is 10.1. The van der Waals surface area contributed by atoms with E-state index in [9.17, 15) is 4.79 Å². The maximum atomic E-state index is 12.0. The van der Waals surface area contributed by atoms with Crippen molar-refractivity contribution in [3.63, 3.8) is 0 Å². The van der Waals surface area contributed by atoms with Crippen LogP contribution in [0.3, 0.4) is 0 Å². The van der Waals surface area contributed by atoms with Crippen LogP contribution >= 0.6 is 11.6 Å². The molecule has 0 aliphatic carbocycles. The van der Waals surface area contributed by atoms with Crippen LogP contribution in [-0.4, -0.2) is 13.0 Å². The molecule has 0 aromatic heterocycles. The minimum absolute atomic E-state index is 0.209. The van der Waals surface area contributed by atoms with Crippen LogP contribution in [0.15, 0.2) is 42.5 Å². The van der Waals surface area contributed by atoms with Crippen LogP contribution in [0.5, 0.6) is 5.75 Å². The second-order valence-electron chi connectivity index (χ2n) is 4.37. The molecule has 1 N–H and O–H groups in total. The number of nitrogens with one attached hydrogen (secondary N) is 1. The first-order valence-corrected chi connectivity index (χ1v) is 6.62. The third-order valence-corrected chi connectivity index (χ3v) is 3.13. The molecule has 2 aromatic rings. The Labute approximate surface area is 127 Å². The maximum absolute atomic E-state index is 12.0. The Morgan fingerprint density at radius 1 is 1.29 bits per heavy atom. The van der Waals surface area contributed by atoms with Crippen molar-refractivity contribution < 1.29 is 9.53 Å². The first kappa shape index (κ1) is 14.9. The van der Waals surface area contributed by atoms with E-state index in [0.29, 0.717) is 16.3 Å². The highest BCUT2D eigenvalue weighted by atomic mass is 35.5. The van der Waals surface area contributed by atoms with Gasteiger partial charge in [-0.25, -0.2) is 0 Å². The number of halogens is 1. The molecular formula is C16H13ClN2O2. The van der Waals surface area contributed by atoms with E-state index < -0.39 is 0 Å². The van der Waals surface area contributed by atoms with Crippen molar-refractivity contribution in [2.75, 3.05) is 12.4 Å². The van der Waals surface area contributed by atoms with Gasteiger partial charge in [-0.3, -0.25) is 4.79 Å². The minimum Gasteiger partial charge on any atom is -0.497 e. The topological polar surface area (TPSA) is 62.1 Å². The molecule has 0 heterocycles. The first-order valence-electron chi connectivity index (χ1n) is 6.25. The van der Waals surface area contributed by atoms with Gasteiger partial charge in [-0.1, -0.05) is 23.7 Å². The number of rotatable bonds is 4. The summed E-state index contributed by atoms with van der Waals surface area (Å²) in [6.07, 6.45) is 0.210. The summed E-state index contributed by atoms with van der Waals surface area (Å²) in [7, 11) is 1.59. The number of anilines is 1. The van der Waals surface area contributed by atoms with Crippen LogP contribution in [-0.2, 0) is 11.2 Å². The van der Waals surface area contributed by atoms with Gasteiger partial charge in [-0.15, -0.1) is 0 Å². The van der Waals surface area contributed by atoms with E-state index >= 15 is 0 Å². The molecule has 0 spiro atoms. The Kier molecular flexibility index (Phi) is 4.81. The zero-order valence-electron chi connectivity index (χ0n) is 11.4. The van der Waals surface area contributed by atoms with Crippen molar-refractivity contribution in [3.05, 3.63) is 58.6 Å². The predicted octanol–water partition coefficient (Wildman–Crippen LogP) is 3.40.